The molecule has 106 valence electrons. The maximum absolute atomic E-state index is 6.30. The molecular weight excluding hydrogens is 301 g/mol. The lowest BCUT2D eigenvalue weighted by Crippen LogP contribution is -2.07. The van der Waals surface area contributed by atoms with Crippen LogP contribution in [0.2, 0.25) is 10.0 Å². The summed E-state index contributed by atoms with van der Waals surface area (Å²) < 4.78 is 0. The Balaban J connectivity index is 1.97. The third kappa shape index (κ3) is 2.85. The maximum atomic E-state index is 6.30. The second-order valence-electron chi connectivity index (χ2n) is 5.04. The van der Waals surface area contributed by atoms with Crippen molar-refractivity contribution in [2.45, 2.75) is 13.0 Å². The van der Waals surface area contributed by atoms with Crippen LogP contribution < -0.4 is 5.32 Å². The molecule has 1 atom stereocenters. The topological polar surface area (TPSA) is 12.0 Å². The molecule has 0 bridgehead atoms. The monoisotopic (exact) mass is 315 g/mol. The van der Waals surface area contributed by atoms with Crippen LogP contribution in [0.25, 0.3) is 10.8 Å². The van der Waals surface area contributed by atoms with Crippen LogP contribution >= 0.6 is 23.2 Å². The minimum absolute atomic E-state index is 0.0713. The summed E-state index contributed by atoms with van der Waals surface area (Å²) in [6, 6.07) is 20.4. The smallest absolute Gasteiger partial charge is 0.0644 e. The summed E-state index contributed by atoms with van der Waals surface area (Å²) in [7, 11) is 0. The highest BCUT2D eigenvalue weighted by Gasteiger charge is 2.12. The average molecular weight is 316 g/mol. The third-order valence-electron chi connectivity index (χ3n) is 3.61. The van der Waals surface area contributed by atoms with Crippen LogP contribution in [0.4, 0.5) is 5.69 Å². The van der Waals surface area contributed by atoms with E-state index in [2.05, 4.69) is 42.6 Å². The Bertz CT molecular complexity index is 778. The van der Waals surface area contributed by atoms with Crippen LogP contribution in [0.1, 0.15) is 18.5 Å². The highest BCUT2D eigenvalue weighted by Crippen LogP contribution is 2.33. The molecule has 3 aromatic carbocycles. The van der Waals surface area contributed by atoms with Crippen LogP contribution in [-0.2, 0) is 0 Å². The predicted molar refractivity (Wildman–Crippen MR) is 92.4 cm³/mol. The van der Waals surface area contributed by atoms with Crippen molar-refractivity contribution in [1.29, 1.82) is 0 Å². The first kappa shape index (κ1) is 14.2. The van der Waals surface area contributed by atoms with Gasteiger partial charge in [-0.05, 0) is 30.0 Å². The van der Waals surface area contributed by atoms with Gasteiger partial charge in [0.1, 0.15) is 0 Å². The van der Waals surface area contributed by atoms with Crippen LogP contribution in [-0.4, -0.2) is 0 Å². The number of hydrogen-bond donors (Lipinski definition) is 1. The zero-order chi connectivity index (χ0) is 14.8. The van der Waals surface area contributed by atoms with Crippen molar-refractivity contribution >= 4 is 39.7 Å². The summed E-state index contributed by atoms with van der Waals surface area (Å²) in [5.41, 5.74) is 2.09. The Morgan fingerprint density at radius 2 is 1.57 bits per heavy atom. The molecule has 0 spiro atoms. The van der Waals surface area contributed by atoms with Crippen molar-refractivity contribution in [3.8, 4) is 0 Å². The molecule has 0 saturated carbocycles. The molecule has 3 aromatic rings. The number of rotatable bonds is 3. The molecule has 1 N–H and O–H groups in total. The Labute approximate surface area is 134 Å². The number of halogens is 2. The summed E-state index contributed by atoms with van der Waals surface area (Å²) >= 11 is 12.4. The van der Waals surface area contributed by atoms with E-state index < -0.39 is 0 Å². The third-order valence-corrected chi connectivity index (χ3v) is 4.44. The molecule has 0 saturated heterocycles. The molecule has 0 aliphatic rings. The first-order valence-corrected chi connectivity index (χ1v) is 7.60. The molecule has 0 aromatic heterocycles. The van der Waals surface area contributed by atoms with Crippen molar-refractivity contribution < 1.29 is 0 Å². The SMILES string of the molecule is CC(Nc1cccc2ccccc12)c1cccc(Cl)c1Cl. The molecule has 1 unspecified atom stereocenters. The van der Waals surface area contributed by atoms with E-state index in [0.29, 0.717) is 10.0 Å². The highest BCUT2D eigenvalue weighted by molar-refractivity contribution is 6.42. The molecule has 21 heavy (non-hydrogen) atoms. The van der Waals surface area contributed by atoms with Crippen LogP contribution in [0, 0.1) is 0 Å². The molecule has 0 radical (unpaired) electrons. The van der Waals surface area contributed by atoms with Gasteiger partial charge in [-0.2, -0.15) is 0 Å². The molecule has 0 aliphatic heterocycles. The summed E-state index contributed by atoms with van der Waals surface area (Å²) in [5.74, 6) is 0. The van der Waals surface area contributed by atoms with Gasteiger partial charge in [0, 0.05) is 11.1 Å². The van der Waals surface area contributed by atoms with Gasteiger partial charge in [0.15, 0.2) is 0 Å². The van der Waals surface area contributed by atoms with Gasteiger partial charge in [-0.25, -0.2) is 0 Å². The molecule has 3 heteroatoms. The fourth-order valence-corrected chi connectivity index (χ4v) is 2.99. The highest BCUT2D eigenvalue weighted by atomic mass is 35.5. The van der Waals surface area contributed by atoms with E-state index in [-0.39, 0.29) is 6.04 Å². The zero-order valence-electron chi connectivity index (χ0n) is 11.6. The standard InChI is InChI=1S/C18H15Cl2N/c1-12(14-9-5-10-16(19)18(14)20)21-17-11-4-7-13-6-2-3-8-15(13)17/h2-12,21H,1H3. The van der Waals surface area contributed by atoms with Gasteiger partial charge in [-0.15, -0.1) is 0 Å². The van der Waals surface area contributed by atoms with E-state index in [1.54, 1.807) is 6.07 Å². The van der Waals surface area contributed by atoms with E-state index in [9.17, 15) is 0 Å². The number of anilines is 1. The van der Waals surface area contributed by atoms with E-state index >= 15 is 0 Å². The second-order valence-corrected chi connectivity index (χ2v) is 5.82. The van der Waals surface area contributed by atoms with E-state index in [0.717, 1.165) is 11.3 Å². The van der Waals surface area contributed by atoms with Gasteiger partial charge in [0.25, 0.3) is 0 Å². The fourth-order valence-electron chi connectivity index (χ4n) is 2.52. The molecule has 0 heterocycles. The van der Waals surface area contributed by atoms with Gasteiger partial charge >= 0.3 is 0 Å². The Morgan fingerprint density at radius 1 is 0.857 bits per heavy atom. The Hall–Kier alpha value is -1.70. The average Bonchev–Trinajstić information content (AvgIpc) is 2.50. The van der Waals surface area contributed by atoms with Crippen molar-refractivity contribution in [2.24, 2.45) is 0 Å². The van der Waals surface area contributed by atoms with Gasteiger partial charge in [0.05, 0.1) is 16.1 Å². The summed E-state index contributed by atoms with van der Waals surface area (Å²) in [4.78, 5) is 0. The summed E-state index contributed by atoms with van der Waals surface area (Å²) in [6.45, 7) is 2.08. The normalized spacial score (nSPS) is 12.3. The molecule has 0 fully saturated rings. The number of nitrogens with one attached hydrogen (secondary N) is 1. The molecule has 3 rings (SSSR count). The van der Waals surface area contributed by atoms with Crippen molar-refractivity contribution in [2.75, 3.05) is 5.32 Å². The minimum Gasteiger partial charge on any atom is -0.378 e. The van der Waals surface area contributed by atoms with E-state index in [1.165, 1.54) is 10.8 Å². The number of benzene rings is 3. The molecular formula is C18H15Cl2N. The van der Waals surface area contributed by atoms with Crippen molar-refractivity contribution in [3.63, 3.8) is 0 Å². The van der Waals surface area contributed by atoms with Crippen LogP contribution in [0.5, 0.6) is 0 Å². The van der Waals surface area contributed by atoms with E-state index in [1.807, 2.05) is 24.3 Å². The largest absolute Gasteiger partial charge is 0.378 e. The van der Waals surface area contributed by atoms with Crippen LogP contribution in [0.15, 0.2) is 60.7 Å². The predicted octanol–water partition coefficient (Wildman–Crippen LogP) is 6.32. The quantitative estimate of drug-likeness (QED) is 0.596. The number of fused-ring (bicyclic) bond motifs is 1. The summed E-state index contributed by atoms with van der Waals surface area (Å²) in [5, 5.41) is 7.13. The van der Waals surface area contributed by atoms with Gasteiger partial charge in [0.2, 0.25) is 0 Å². The second kappa shape index (κ2) is 5.97. The first-order chi connectivity index (χ1) is 10.2. The molecule has 1 nitrogen and oxygen atoms in total. The maximum Gasteiger partial charge on any atom is 0.0644 e. The molecule has 0 amide bonds. The lowest BCUT2D eigenvalue weighted by atomic mass is 10.1. The minimum atomic E-state index is 0.0713. The number of hydrogen-bond acceptors (Lipinski definition) is 1. The lowest BCUT2D eigenvalue weighted by molar-refractivity contribution is 0.887. The van der Waals surface area contributed by atoms with Crippen molar-refractivity contribution in [1.82, 2.24) is 0 Å². The van der Waals surface area contributed by atoms with Gasteiger partial charge in [-0.1, -0.05) is 71.7 Å². The van der Waals surface area contributed by atoms with E-state index in [4.69, 9.17) is 23.2 Å². The Kier molecular flexibility index (Phi) is 4.05. The summed E-state index contributed by atoms with van der Waals surface area (Å²) in [6.07, 6.45) is 0. The van der Waals surface area contributed by atoms with Crippen molar-refractivity contribution in [3.05, 3.63) is 76.3 Å². The first-order valence-electron chi connectivity index (χ1n) is 6.85. The lowest BCUT2D eigenvalue weighted by Gasteiger charge is -2.19. The fraction of sp³-hybridized carbons (Fsp3) is 0.111. The van der Waals surface area contributed by atoms with Gasteiger partial charge in [-0.3, -0.25) is 0 Å². The Morgan fingerprint density at radius 3 is 2.43 bits per heavy atom. The van der Waals surface area contributed by atoms with Gasteiger partial charge < -0.3 is 5.32 Å². The zero-order valence-corrected chi connectivity index (χ0v) is 13.1. The molecule has 0 aliphatic carbocycles. The van der Waals surface area contributed by atoms with Crippen LogP contribution in [0.3, 0.4) is 0 Å².